The second-order valence-corrected chi connectivity index (χ2v) is 7.71. The minimum atomic E-state index is 0.593. The normalized spacial score (nSPS) is 17.2. The maximum absolute atomic E-state index is 4.81. The summed E-state index contributed by atoms with van der Waals surface area (Å²) in [7, 11) is 0. The molecule has 1 aliphatic rings. The molecule has 1 aliphatic heterocycles. The Balaban J connectivity index is 1.48. The number of rotatable bonds is 7. The lowest BCUT2D eigenvalue weighted by Gasteiger charge is -2.18. The predicted octanol–water partition coefficient (Wildman–Crippen LogP) is 3.47. The Morgan fingerprint density at radius 1 is 1.26 bits per heavy atom. The summed E-state index contributed by atoms with van der Waals surface area (Å²) in [5.41, 5.74) is 2.39. The molecule has 0 spiro atoms. The number of nitrogens with zero attached hydrogens (tertiary/aromatic N) is 3. The van der Waals surface area contributed by atoms with Gasteiger partial charge in [0, 0.05) is 61.2 Å². The van der Waals surface area contributed by atoms with Crippen LogP contribution < -0.4 is 15.5 Å². The number of guanidine groups is 1. The van der Waals surface area contributed by atoms with Crippen LogP contribution in [0.25, 0.3) is 0 Å². The summed E-state index contributed by atoms with van der Waals surface area (Å²) in [6.07, 6.45) is 3.92. The number of hydrogen-bond acceptors (Lipinski definition) is 3. The van der Waals surface area contributed by atoms with E-state index in [0.717, 1.165) is 55.3 Å². The maximum atomic E-state index is 4.81. The van der Waals surface area contributed by atoms with Gasteiger partial charge < -0.3 is 15.5 Å². The van der Waals surface area contributed by atoms with Crippen molar-refractivity contribution in [2.24, 2.45) is 10.9 Å². The fourth-order valence-electron chi connectivity index (χ4n) is 3.31. The Kier molecular flexibility index (Phi) is 7.51. The fourth-order valence-corrected chi connectivity index (χ4v) is 3.69. The number of aromatic nitrogens is 1. The zero-order valence-corrected chi connectivity index (χ0v) is 17.5. The molecule has 1 aromatic carbocycles. The first-order chi connectivity index (χ1) is 13.2. The van der Waals surface area contributed by atoms with Gasteiger partial charge in [-0.1, -0.05) is 28.1 Å². The van der Waals surface area contributed by atoms with E-state index in [4.69, 9.17) is 4.99 Å². The molecule has 0 bridgehead atoms. The minimum Gasteiger partial charge on any atom is -0.371 e. The molecule has 0 amide bonds. The lowest BCUT2D eigenvalue weighted by Crippen LogP contribution is -2.38. The molecule has 1 fully saturated rings. The van der Waals surface area contributed by atoms with Gasteiger partial charge in [0.1, 0.15) is 0 Å². The Bertz CT molecular complexity index is 734. The van der Waals surface area contributed by atoms with Gasteiger partial charge in [-0.3, -0.25) is 9.98 Å². The number of anilines is 1. The van der Waals surface area contributed by atoms with E-state index in [1.54, 1.807) is 0 Å². The first-order valence-electron chi connectivity index (χ1n) is 9.67. The monoisotopic (exact) mass is 429 g/mol. The van der Waals surface area contributed by atoms with Crippen LogP contribution in [-0.4, -0.2) is 43.7 Å². The maximum Gasteiger partial charge on any atom is 0.191 e. The molecule has 5 nitrogen and oxygen atoms in total. The number of nitrogens with one attached hydrogen (secondary N) is 2. The van der Waals surface area contributed by atoms with Crippen LogP contribution in [0.3, 0.4) is 0 Å². The standard InChI is InChI=1S/C21H28BrN5/c1-2-23-21(25-12-9-19-7-3-4-11-24-19)26-15-17-10-13-27(16-17)20-8-5-6-18(22)14-20/h3-8,11,14,17H,2,9-10,12-13,15-16H2,1H3,(H2,23,25,26). The summed E-state index contributed by atoms with van der Waals surface area (Å²) in [4.78, 5) is 11.6. The van der Waals surface area contributed by atoms with Crippen LogP contribution in [0.2, 0.25) is 0 Å². The molecular weight excluding hydrogens is 402 g/mol. The van der Waals surface area contributed by atoms with Crippen molar-refractivity contribution in [1.82, 2.24) is 15.6 Å². The summed E-state index contributed by atoms with van der Waals surface area (Å²) < 4.78 is 1.13. The van der Waals surface area contributed by atoms with Gasteiger partial charge in [0.2, 0.25) is 0 Å². The van der Waals surface area contributed by atoms with Gasteiger partial charge in [-0.05, 0) is 49.6 Å². The van der Waals surface area contributed by atoms with E-state index in [-0.39, 0.29) is 0 Å². The van der Waals surface area contributed by atoms with Crippen molar-refractivity contribution < 1.29 is 0 Å². The van der Waals surface area contributed by atoms with Crippen molar-refractivity contribution >= 4 is 27.6 Å². The van der Waals surface area contributed by atoms with E-state index >= 15 is 0 Å². The Morgan fingerprint density at radius 3 is 2.96 bits per heavy atom. The molecule has 27 heavy (non-hydrogen) atoms. The van der Waals surface area contributed by atoms with Crippen molar-refractivity contribution in [3.05, 3.63) is 58.8 Å². The SMILES string of the molecule is CCNC(=NCC1CCN(c2cccc(Br)c2)C1)NCCc1ccccn1. The highest BCUT2D eigenvalue weighted by atomic mass is 79.9. The first-order valence-corrected chi connectivity index (χ1v) is 10.5. The fraction of sp³-hybridized carbons (Fsp3) is 0.429. The summed E-state index contributed by atoms with van der Waals surface area (Å²) in [6, 6.07) is 14.6. The highest BCUT2D eigenvalue weighted by Crippen LogP contribution is 2.26. The van der Waals surface area contributed by atoms with E-state index in [0.29, 0.717) is 5.92 Å². The third-order valence-corrected chi connectivity index (χ3v) is 5.20. The largest absolute Gasteiger partial charge is 0.371 e. The second kappa shape index (κ2) is 10.3. The van der Waals surface area contributed by atoms with E-state index in [1.165, 1.54) is 12.1 Å². The zero-order valence-electron chi connectivity index (χ0n) is 15.9. The van der Waals surface area contributed by atoms with Crippen molar-refractivity contribution in [2.45, 2.75) is 19.8 Å². The van der Waals surface area contributed by atoms with Crippen LogP contribution in [0, 0.1) is 5.92 Å². The Labute approximate surface area is 170 Å². The molecule has 144 valence electrons. The Morgan fingerprint density at radius 2 is 2.19 bits per heavy atom. The van der Waals surface area contributed by atoms with Crippen molar-refractivity contribution in [3.63, 3.8) is 0 Å². The van der Waals surface area contributed by atoms with Gasteiger partial charge in [-0.25, -0.2) is 0 Å². The third kappa shape index (κ3) is 6.24. The number of benzene rings is 1. The van der Waals surface area contributed by atoms with Gasteiger partial charge in [-0.15, -0.1) is 0 Å². The summed E-state index contributed by atoms with van der Waals surface area (Å²) in [6.45, 7) is 6.81. The highest BCUT2D eigenvalue weighted by molar-refractivity contribution is 9.10. The van der Waals surface area contributed by atoms with Gasteiger partial charge in [0.25, 0.3) is 0 Å². The average molecular weight is 430 g/mol. The zero-order chi connectivity index (χ0) is 18.9. The molecule has 1 unspecified atom stereocenters. The van der Waals surface area contributed by atoms with Gasteiger partial charge in [-0.2, -0.15) is 0 Å². The summed E-state index contributed by atoms with van der Waals surface area (Å²) >= 11 is 3.56. The van der Waals surface area contributed by atoms with Crippen LogP contribution >= 0.6 is 15.9 Å². The molecule has 1 atom stereocenters. The lowest BCUT2D eigenvalue weighted by molar-refractivity contribution is 0.599. The van der Waals surface area contributed by atoms with E-state index in [1.807, 2.05) is 18.3 Å². The minimum absolute atomic E-state index is 0.593. The van der Waals surface area contributed by atoms with E-state index in [2.05, 4.69) is 73.7 Å². The highest BCUT2D eigenvalue weighted by Gasteiger charge is 2.22. The molecule has 6 heteroatoms. The molecule has 3 rings (SSSR count). The number of pyridine rings is 1. The lowest BCUT2D eigenvalue weighted by atomic mass is 10.1. The van der Waals surface area contributed by atoms with Crippen LogP contribution in [0.1, 0.15) is 19.0 Å². The van der Waals surface area contributed by atoms with Crippen LogP contribution in [0.5, 0.6) is 0 Å². The van der Waals surface area contributed by atoms with Gasteiger partial charge >= 0.3 is 0 Å². The van der Waals surface area contributed by atoms with Crippen LogP contribution in [0.4, 0.5) is 5.69 Å². The first kappa shape index (κ1) is 19.7. The summed E-state index contributed by atoms with van der Waals surface area (Å²) in [5, 5.41) is 6.76. The molecule has 1 aromatic heterocycles. The van der Waals surface area contributed by atoms with Crippen molar-refractivity contribution in [2.75, 3.05) is 37.6 Å². The number of hydrogen-bond donors (Lipinski definition) is 2. The molecule has 0 aliphatic carbocycles. The number of halogens is 1. The summed E-state index contributed by atoms with van der Waals surface area (Å²) in [5.74, 6) is 1.49. The second-order valence-electron chi connectivity index (χ2n) is 6.80. The topological polar surface area (TPSA) is 52.6 Å². The molecule has 2 heterocycles. The number of aliphatic imine (C=N–C) groups is 1. The van der Waals surface area contributed by atoms with E-state index in [9.17, 15) is 0 Å². The molecular formula is C21H28BrN5. The van der Waals surface area contributed by atoms with Gasteiger partial charge in [0.05, 0.1) is 0 Å². The molecule has 1 saturated heterocycles. The van der Waals surface area contributed by atoms with Gasteiger partial charge in [0.15, 0.2) is 5.96 Å². The van der Waals surface area contributed by atoms with Crippen LogP contribution in [0.15, 0.2) is 58.1 Å². The molecule has 2 aromatic rings. The van der Waals surface area contributed by atoms with E-state index < -0.39 is 0 Å². The third-order valence-electron chi connectivity index (χ3n) is 4.71. The van der Waals surface area contributed by atoms with Crippen LogP contribution in [-0.2, 0) is 6.42 Å². The average Bonchev–Trinajstić information content (AvgIpc) is 3.16. The molecule has 0 radical (unpaired) electrons. The quantitative estimate of drug-likeness (QED) is 0.522. The molecule has 2 N–H and O–H groups in total. The predicted molar refractivity (Wildman–Crippen MR) is 116 cm³/mol. The smallest absolute Gasteiger partial charge is 0.191 e. The van der Waals surface area contributed by atoms with Crippen molar-refractivity contribution in [3.8, 4) is 0 Å². The molecule has 0 saturated carbocycles. The van der Waals surface area contributed by atoms with Crippen molar-refractivity contribution in [1.29, 1.82) is 0 Å². The Hall–Kier alpha value is -2.08.